The second-order valence-electron chi connectivity index (χ2n) is 9.29. The first-order chi connectivity index (χ1) is 15.7. The van der Waals surface area contributed by atoms with Crippen molar-refractivity contribution in [3.05, 3.63) is 70.8 Å². The number of hydrogen-bond acceptors (Lipinski definition) is 3. The summed E-state index contributed by atoms with van der Waals surface area (Å²) in [5.41, 5.74) is 0.508. The van der Waals surface area contributed by atoms with E-state index in [1.165, 1.54) is 10.4 Å². The zero-order valence-corrected chi connectivity index (χ0v) is 19.8. The molecule has 1 aliphatic carbocycles. The standard InChI is InChI=1S/C25H30F2N2O3S/c1-17-8-9-23(18-6-4-3-5-7-18)33(31,32)29(17)16-19-14-22(27)20(15-21(19)26)25(12-13-25)11-10-24(30)28-2/h3-7,14-15,17,23H,8-13,16H2,1-2H3,(H,28,30)/t17-,23+/m0/s1. The number of halogens is 2. The van der Waals surface area contributed by atoms with Gasteiger partial charge in [-0.2, -0.15) is 4.31 Å². The van der Waals surface area contributed by atoms with Gasteiger partial charge in [0.25, 0.3) is 0 Å². The van der Waals surface area contributed by atoms with Crippen molar-refractivity contribution in [2.24, 2.45) is 0 Å². The summed E-state index contributed by atoms with van der Waals surface area (Å²) in [5.74, 6) is -1.28. The number of rotatable bonds is 7. The van der Waals surface area contributed by atoms with Crippen LogP contribution in [0.1, 0.15) is 67.4 Å². The molecule has 1 saturated heterocycles. The van der Waals surface area contributed by atoms with Crippen molar-refractivity contribution < 1.29 is 22.0 Å². The van der Waals surface area contributed by atoms with E-state index in [4.69, 9.17) is 0 Å². The van der Waals surface area contributed by atoms with E-state index in [2.05, 4.69) is 5.32 Å². The number of amides is 1. The maximum atomic E-state index is 15.1. The molecule has 0 unspecified atom stereocenters. The van der Waals surface area contributed by atoms with Gasteiger partial charge in [0.15, 0.2) is 0 Å². The molecule has 1 aliphatic heterocycles. The molecule has 1 saturated carbocycles. The van der Waals surface area contributed by atoms with Crippen LogP contribution in [0.2, 0.25) is 0 Å². The van der Waals surface area contributed by atoms with Gasteiger partial charge in [-0.1, -0.05) is 30.3 Å². The van der Waals surface area contributed by atoms with Crippen LogP contribution >= 0.6 is 0 Å². The number of carbonyl (C=O) groups excluding carboxylic acids is 1. The lowest BCUT2D eigenvalue weighted by Gasteiger charge is -2.37. The fourth-order valence-electron chi connectivity index (χ4n) is 4.92. The Bertz CT molecular complexity index is 1130. The number of nitrogens with one attached hydrogen (secondary N) is 1. The quantitative estimate of drug-likeness (QED) is 0.636. The molecule has 1 N–H and O–H groups in total. The molecule has 1 amide bonds. The first kappa shape index (κ1) is 23.8. The van der Waals surface area contributed by atoms with Crippen LogP contribution in [-0.4, -0.2) is 31.7 Å². The molecule has 0 spiro atoms. The van der Waals surface area contributed by atoms with Crippen molar-refractivity contribution in [1.82, 2.24) is 9.62 Å². The largest absolute Gasteiger partial charge is 0.359 e. The Hall–Kier alpha value is -2.32. The lowest BCUT2D eigenvalue weighted by atomic mass is 9.89. The molecule has 2 aromatic carbocycles. The third kappa shape index (κ3) is 4.68. The summed E-state index contributed by atoms with van der Waals surface area (Å²) in [4.78, 5) is 11.6. The highest BCUT2D eigenvalue weighted by atomic mass is 32.2. The lowest BCUT2D eigenvalue weighted by molar-refractivity contribution is -0.120. The smallest absolute Gasteiger partial charge is 0.221 e. The zero-order valence-electron chi connectivity index (χ0n) is 19.0. The molecular formula is C25H30F2N2O3S. The summed E-state index contributed by atoms with van der Waals surface area (Å²) in [6.07, 6.45) is 3.26. The van der Waals surface area contributed by atoms with Crippen LogP contribution < -0.4 is 5.32 Å². The van der Waals surface area contributed by atoms with Gasteiger partial charge in [0.05, 0.1) is 0 Å². The maximum absolute atomic E-state index is 15.1. The van der Waals surface area contributed by atoms with Gasteiger partial charge in [0.2, 0.25) is 15.9 Å². The minimum Gasteiger partial charge on any atom is -0.359 e. The van der Waals surface area contributed by atoms with E-state index in [1.54, 1.807) is 38.2 Å². The molecule has 4 rings (SSSR count). The van der Waals surface area contributed by atoms with Crippen molar-refractivity contribution in [2.45, 2.75) is 68.7 Å². The summed E-state index contributed by atoms with van der Waals surface area (Å²) in [6, 6.07) is 11.1. The van der Waals surface area contributed by atoms with Gasteiger partial charge < -0.3 is 5.32 Å². The van der Waals surface area contributed by atoms with Gasteiger partial charge in [-0.25, -0.2) is 17.2 Å². The summed E-state index contributed by atoms with van der Waals surface area (Å²) < 4.78 is 58.4. The van der Waals surface area contributed by atoms with Crippen LogP contribution in [0.4, 0.5) is 8.78 Å². The van der Waals surface area contributed by atoms with Gasteiger partial charge in [-0.15, -0.1) is 0 Å². The highest BCUT2D eigenvalue weighted by molar-refractivity contribution is 7.89. The summed E-state index contributed by atoms with van der Waals surface area (Å²) in [6.45, 7) is 1.60. The average Bonchev–Trinajstić information content (AvgIpc) is 3.58. The fourth-order valence-corrected chi connectivity index (χ4v) is 7.11. The molecular weight excluding hydrogens is 446 g/mol. The Morgan fingerprint density at radius 1 is 1.12 bits per heavy atom. The molecule has 2 aromatic rings. The van der Waals surface area contributed by atoms with Gasteiger partial charge >= 0.3 is 0 Å². The topological polar surface area (TPSA) is 66.5 Å². The molecule has 0 aromatic heterocycles. The Kier molecular flexibility index (Phi) is 6.60. The van der Waals surface area contributed by atoms with Crippen LogP contribution in [-0.2, 0) is 26.8 Å². The molecule has 33 heavy (non-hydrogen) atoms. The molecule has 2 atom stereocenters. The Labute approximate surface area is 194 Å². The maximum Gasteiger partial charge on any atom is 0.221 e. The first-order valence-electron chi connectivity index (χ1n) is 11.4. The SMILES string of the molecule is CNC(=O)CCC1(c2cc(F)c(CN3[C@@H](C)CC[C@H](c4ccccc4)S3(=O)=O)cc2F)CC1. The van der Waals surface area contributed by atoms with E-state index >= 15 is 8.78 Å². The Morgan fingerprint density at radius 2 is 1.82 bits per heavy atom. The lowest BCUT2D eigenvalue weighted by Crippen LogP contribution is -2.44. The molecule has 2 aliphatic rings. The van der Waals surface area contributed by atoms with Gasteiger partial charge in [0, 0.05) is 31.6 Å². The normalized spacial score (nSPS) is 23.8. The third-order valence-corrected chi connectivity index (χ3v) is 9.56. The molecule has 8 heteroatoms. The number of hydrogen-bond donors (Lipinski definition) is 1. The third-order valence-electron chi connectivity index (χ3n) is 7.19. The summed E-state index contributed by atoms with van der Waals surface area (Å²) in [5, 5.41) is 1.86. The van der Waals surface area contributed by atoms with E-state index in [9.17, 15) is 13.2 Å². The zero-order chi connectivity index (χ0) is 23.8. The highest BCUT2D eigenvalue weighted by Gasteiger charge is 2.46. The second-order valence-corrected chi connectivity index (χ2v) is 11.4. The van der Waals surface area contributed by atoms with Crippen molar-refractivity contribution in [2.75, 3.05) is 7.05 Å². The first-order valence-corrected chi connectivity index (χ1v) is 12.9. The van der Waals surface area contributed by atoms with Crippen LogP contribution in [0, 0.1) is 11.6 Å². The van der Waals surface area contributed by atoms with Crippen LogP contribution in [0.15, 0.2) is 42.5 Å². The highest BCUT2D eigenvalue weighted by Crippen LogP contribution is 2.53. The Balaban J connectivity index is 1.58. The van der Waals surface area contributed by atoms with E-state index in [-0.39, 0.29) is 36.0 Å². The monoisotopic (exact) mass is 476 g/mol. The minimum absolute atomic E-state index is 0.0301. The van der Waals surface area contributed by atoms with E-state index in [0.29, 0.717) is 37.7 Å². The van der Waals surface area contributed by atoms with Crippen LogP contribution in [0.3, 0.4) is 0 Å². The number of sulfonamides is 1. The predicted molar refractivity (Wildman–Crippen MR) is 123 cm³/mol. The minimum atomic E-state index is -3.74. The molecule has 0 radical (unpaired) electrons. The van der Waals surface area contributed by atoms with Gasteiger partial charge in [0.1, 0.15) is 16.9 Å². The van der Waals surface area contributed by atoms with Crippen LogP contribution in [0.25, 0.3) is 0 Å². The van der Waals surface area contributed by atoms with Crippen molar-refractivity contribution in [3.63, 3.8) is 0 Å². The average molecular weight is 477 g/mol. The molecule has 1 heterocycles. The molecule has 5 nitrogen and oxygen atoms in total. The van der Waals surface area contributed by atoms with E-state index in [0.717, 1.165) is 6.07 Å². The fraction of sp³-hybridized carbons (Fsp3) is 0.480. The number of benzene rings is 2. The predicted octanol–water partition coefficient (Wildman–Crippen LogP) is 4.58. The van der Waals surface area contributed by atoms with Crippen molar-refractivity contribution in [3.8, 4) is 0 Å². The van der Waals surface area contributed by atoms with E-state index in [1.807, 2.05) is 6.07 Å². The Morgan fingerprint density at radius 3 is 2.45 bits per heavy atom. The van der Waals surface area contributed by atoms with E-state index < -0.39 is 32.3 Å². The molecule has 2 fully saturated rings. The van der Waals surface area contributed by atoms with Gasteiger partial charge in [-0.3, -0.25) is 4.79 Å². The summed E-state index contributed by atoms with van der Waals surface area (Å²) in [7, 11) is -2.19. The number of carbonyl (C=O) groups is 1. The van der Waals surface area contributed by atoms with Crippen molar-refractivity contribution >= 4 is 15.9 Å². The van der Waals surface area contributed by atoms with Crippen molar-refractivity contribution in [1.29, 1.82) is 0 Å². The van der Waals surface area contributed by atoms with Crippen LogP contribution in [0.5, 0.6) is 0 Å². The summed E-state index contributed by atoms with van der Waals surface area (Å²) >= 11 is 0. The molecule has 178 valence electrons. The van der Waals surface area contributed by atoms with Gasteiger partial charge in [-0.05, 0) is 67.7 Å². The number of nitrogens with zero attached hydrogens (tertiary/aromatic N) is 1. The molecule has 0 bridgehead atoms. The second kappa shape index (κ2) is 9.14.